The summed E-state index contributed by atoms with van der Waals surface area (Å²) < 4.78 is 46.0. The second-order valence-corrected chi connectivity index (χ2v) is 37.9. The van der Waals surface area contributed by atoms with Crippen LogP contribution in [0.1, 0.15) is 66.8 Å². The third-order valence-electron chi connectivity index (χ3n) is 30.0. The maximum Gasteiger partial charge on any atom is 0.131 e. The van der Waals surface area contributed by atoms with Gasteiger partial charge in [-0.25, -0.2) is 13.2 Å². The van der Waals surface area contributed by atoms with Crippen molar-refractivity contribution >= 4 is 83.5 Å². The van der Waals surface area contributed by atoms with E-state index in [1.165, 1.54) is 89.0 Å². The van der Waals surface area contributed by atoms with E-state index in [0.29, 0.717) is 16.2 Å². The van der Waals surface area contributed by atoms with E-state index in [2.05, 4.69) is 524 Å². The Morgan fingerprint density at radius 2 is 0.313 bits per heavy atom. The second kappa shape index (κ2) is 38.3. The molecule has 0 unspecified atom stereocenters. The summed E-state index contributed by atoms with van der Waals surface area (Å²) in [6.45, 7) is 0. The topological polar surface area (TPSA) is 9.72 Å². The Balaban J connectivity index is 0.000000116. The van der Waals surface area contributed by atoms with Gasteiger partial charge in [0, 0.05) is 67.3 Å². The minimum absolute atomic E-state index is 0.199. The number of halogens is 3. The van der Waals surface area contributed by atoms with Crippen molar-refractivity contribution < 1.29 is 13.2 Å². The molecule has 0 atom stereocenters. The van der Waals surface area contributed by atoms with Crippen LogP contribution in [0, 0.1) is 17.5 Å². The lowest BCUT2D eigenvalue weighted by molar-refractivity contribution is 0.639. The monoisotopic (exact) mass is 1890 g/mol. The van der Waals surface area contributed by atoms with Crippen molar-refractivity contribution in [2.75, 3.05) is 14.7 Å². The summed E-state index contributed by atoms with van der Waals surface area (Å²) in [4.78, 5) is 6.99. The first-order valence-corrected chi connectivity index (χ1v) is 50.1. The molecule has 696 valence electrons. The zero-order valence-electron chi connectivity index (χ0n) is 80.4. The van der Waals surface area contributed by atoms with Gasteiger partial charge in [-0.3, -0.25) is 0 Å². The van der Waals surface area contributed by atoms with Crippen LogP contribution in [0.5, 0.6) is 0 Å². The predicted octanol–water partition coefficient (Wildman–Crippen LogP) is 37.4. The SMILES string of the molecule is Fc1cccc2c3c(ccc12)C(c1ccccc1)(c1ccccc1)c1cc(N(c2ccc(-c4ccccc4)cc2)c2ccc(-c4ccccc4)cc2)ccc1-3.Fc1cccc2c3c(ccc12)C(c1ccccc1)(c1ccccc1)c1cc(N(c2ccccc2)c2ccc(-c4ccccc4)cc2)ccc1-3.Fc1cccc2c3c(ccc12)C(c1ccccc1)(c1ccccc1)c1cc(N(c2ccccc2)c2ccccc2)ccc1-3. The lowest BCUT2D eigenvalue weighted by Crippen LogP contribution is -2.28. The highest BCUT2D eigenvalue weighted by Crippen LogP contribution is 2.64. The predicted molar refractivity (Wildman–Crippen MR) is 604 cm³/mol. The van der Waals surface area contributed by atoms with Crippen LogP contribution in [0.25, 0.3) is 99.1 Å². The first-order chi connectivity index (χ1) is 72.7. The maximum atomic E-state index is 15.5. The third-order valence-corrected chi connectivity index (χ3v) is 30.0. The largest absolute Gasteiger partial charge is 0.310 e. The number of anilines is 9. The summed E-state index contributed by atoms with van der Waals surface area (Å²) in [5, 5.41) is 4.69. The molecule has 6 heteroatoms. The molecule has 147 heavy (non-hydrogen) atoms. The van der Waals surface area contributed by atoms with Gasteiger partial charge in [-0.15, -0.1) is 0 Å². The van der Waals surface area contributed by atoms with Crippen molar-refractivity contribution in [1.29, 1.82) is 0 Å². The summed E-state index contributed by atoms with van der Waals surface area (Å²) in [7, 11) is 0. The molecule has 0 saturated carbocycles. The molecule has 0 aliphatic heterocycles. The summed E-state index contributed by atoms with van der Waals surface area (Å²) in [6.07, 6.45) is 0. The third kappa shape index (κ3) is 15.5. The van der Waals surface area contributed by atoms with E-state index < -0.39 is 16.2 Å². The van der Waals surface area contributed by atoms with Gasteiger partial charge in [0.25, 0.3) is 0 Å². The Bertz CT molecular complexity index is 8690. The minimum atomic E-state index is -0.649. The number of fused-ring (bicyclic) bond motifs is 15. The van der Waals surface area contributed by atoms with E-state index in [1.54, 1.807) is 18.2 Å². The van der Waals surface area contributed by atoms with Crippen LogP contribution in [0.3, 0.4) is 0 Å². The molecule has 0 radical (unpaired) electrons. The highest BCUT2D eigenvalue weighted by Gasteiger charge is 2.51. The maximum absolute atomic E-state index is 15.5. The van der Waals surface area contributed by atoms with Crippen LogP contribution in [0.2, 0.25) is 0 Å². The minimum Gasteiger partial charge on any atom is -0.310 e. The van der Waals surface area contributed by atoms with Crippen LogP contribution < -0.4 is 14.7 Å². The van der Waals surface area contributed by atoms with Gasteiger partial charge in [-0.1, -0.05) is 455 Å². The number of nitrogens with zero attached hydrogens (tertiary/aromatic N) is 3. The van der Waals surface area contributed by atoms with Crippen molar-refractivity contribution in [2.24, 2.45) is 0 Å². The van der Waals surface area contributed by atoms with Crippen LogP contribution in [-0.2, 0) is 16.2 Å². The van der Waals surface area contributed by atoms with Gasteiger partial charge < -0.3 is 14.7 Å². The molecule has 0 aromatic heterocycles. The van der Waals surface area contributed by atoms with Crippen molar-refractivity contribution in [2.45, 2.75) is 16.2 Å². The second-order valence-electron chi connectivity index (χ2n) is 37.9. The fourth-order valence-corrected chi connectivity index (χ4v) is 23.7. The quantitative estimate of drug-likeness (QED) is 0.0848. The Labute approximate surface area is 854 Å². The molecule has 0 amide bonds. The van der Waals surface area contributed by atoms with Gasteiger partial charge in [-0.2, -0.15) is 0 Å². The molecule has 0 heterocycles. The molecule has 0 N–H and O–H groups in total. The molecular formula is C141H96F3N3. The molecule has 3 nitrogen and oxygen atoms in total. The Hall–Kier alpha value is -18.8. The van der Waals surface area contributed by atoms with Crippen molar-refractivity contribution in [3.63, 3.8) is 0 Å². The average Bonchev–Trinajstić information content (AvgIpc) is 1.54. The fourth-order valence-electron chi connectivity index (χ4n) is 23.7. The number of hydrogen-bond donors (Lipinski definition) is 0. The van der Waals surface area contributed by atoms with Crippen molar-refractivity contribution in [3.8, 4) is 66.8 Å². The molecule has 24 aromatic carbocycles. The van der Waals surface area contributed by atoms with E-state index in [1.807, 2.05) is 54.6 Å². The molecule has 0 fully saturated rings. The molecule has 3 aliphatic rings. The zero-order chi connectivity index (χ0) is 98.4. The van der Waals surface area contributed by atoms with E-state index >= 15 is 13.2 Å². The summed E-state index contributed by atoms with van der Waals surface area (Å²) >= 11 is 0. The molecule has 0 bridgehead atoms. The lowest BCUT2D eigenvalue weighted by atomic mass is 9.67. The smallest absolute Gasteiger partial charge is 0.131 e. The van der Waals surface area contributed by atoms with E-state index in [4.69, 9.17) is 0 Å². The van der Waals surface area contributed by atoms with Gasteiger partial charge in [0.15, 0.2) is 0 Å². The van der Waals surface area contributed by atoms with E-state index in [-0.39, 0.29) is 17.5 Å². The highest BCUT2D eigenvalue weighted by molar-refractivity contribution is 6.09. The highest BCUT2D eigenvalue weighted by atomic mass is 19.1. The molecule has 3 aliphatic carbocycles. The molecule has 0 saturated heterocycles. The van der Waals surface area contributed by atoms with Gasteiger partial charge >= 0.3 is 0 Å². The first-order valence-electron chi connectivity index (χ1n) is 50.1. The number of benzene rings is 24. The summed E-state index contributed by atoms with van der Waals surface area (Å²) in [5.41, 5.74) is 35.5. The van der Waals surface area contributed by atoms with E-state index in [9.17, 15) is 0 Å². The molecular weight excluding hydrogens is 1790 g/mol. The molecule has 0 spiro atoms. The van der Waals surface area contributed by atoms with Crippen molar-refractivity contribution in [1.82, 2.24) is 0 Å². The lowest BCUT2D eigenvalue weighted by Gasteiger charge is -2.35. The standard InChI is InChI=1S/C53H36FN.C47H32FN.C41H28FN/c54-51-23-13-22-47-46(51)34-35-49-52(47)48-33-32-45(36-50(48)53(49,41-18-9-3-10-19-41)42-20-11-4-12-21-42)55(43-28-24-39(25-29-43)37-14-5-1-6-15-37)44-30-26-40(27-31-44)38-16-7-2-8-17-38;48-45-23-13-22-41-40(45)30-31-43-46(41)42-29-28-39(32-44(42)47(43,35-16-7-2-8-17-35)36-18-9-3-10-19-36)49(37-20-11-4-12-21-37)38-26-24-34(25-27-38)33-14-5-1-6-15-33;42-39-23-13-22-35-34(39)26-27-37-40(35)36-25-24-33(43(31-18-9-3-10-19-31)32-20-11-4-12-21-32)28-38(36)41(37,29-14-5-1-6-15-29)30-16-7-2-8-17-30/h1-36H;1-32H;1-28H. The number of para-hydroxylation sites is 3. The zero-order valence-corrected chi connectivity index (χ0v) is 80.4. The Morgan fingerprint density at radius 1 is 0.129 bits per heavy atom. The van der Waals surface area contributed by atoms with Gasteiger partial charge in [0.2, 0.25) is 0 Å². The molecule has 24 aromatic rings. The van der Waals surface area contributed by atoms with Crippen LogP contribution in [0.4, 0.5) is 64.4 Å². The normalized spacial score (nSPS) is 12.8. The fraction of sp³-hybridized carbons (Fsp3) is 0.0213. The Kier molecular flexibility index (Phi) is 23.3. The van der Waals surface area contributed by atoms with Crippen LogP contribution in [-0.4, -0.2) is 0 Å². The first kappa shape index (κ1) is 89.6. The average molecular weight is 1890 g/mol. The van der Waals surface area contributed by atoms with Crippen molar-refractivity contribution in [3.05, 3.63) is 667 Å². The van der Waals surface area contributed by atoms with Crippen LogP contribution in [0.15, 0.2) is 582 Å². The summed E-state index contributed by atoms with van der Waals surface area (Å²) in [5.74, 6) is -0.612. The number of rotatable bonds is 18. The Morgan fingerprint density at radius 3 is 0.531 bits per heavy atom. The van der Waals surface area contributed by atoms with Gasteiger partial charge in [0.05, 0.1) is 16.2 Å². The summed E-state index contributed by atoms with van der Waals surface area (Å²) in [6, 6.07) is 203. The van der Waals surface area contributed by atoms with E-state index in [0.717, 1.165) is 112 Å². The van der Waals surface area contributed by atoms with Gasteiger partial charge in [0.1, 0.15) is 17.5 Å². The van der Waals surface area contributed by atoms with Gasteiger partial charge in [-0.05, 0) is 277 Å². The molecule has 27 rings (SSSR count). The van der Waals surface area contributed by atoms with Crippen LogP contribution >= 0.6 is 0 Å². The number of hydrogen-bond acceptors (Lipinski definition) is 3.